The van der Waals surface area contributed by atoms with Gasteiger partial charge in [-0.05, 0) is 38.4 Å². The predicted octanol–water partition coefficient (Wildman–Crippen LogP) is 1.55. The maximum absolute atomic E-state index is 10.9. The molecule has 0 spiro atoms. The van der Waals surface area contributed by atoms with Gasteiger partial charge in [-0.3, -0.25) is 4.21 Å². The van der Waals surface area contributed by atoms with Crippen LogP contribution in [-0.2, 0) is 10.8 Å². The van der Waals surface area contributed by atoms with Crippen molar-refractivity contribution < 1.29 is 4.21 Å². The molecule has 1 fully saturated rings. The normalized spacial score (nSPS) is 20.4. The van der Waals surface area contributed by atoms with Crippen LogP contribution in [0.1, 0.15) is 39.0 Å². The molecule has 0 radical (unpaired) electrons. The summed E-state index contributed by atoms with van der Waals surface area (Å²) >= 11 is 5.25. The van der Waals surface area contributed by atoms with E-state index in [0.717, 1.165) is 17.3 Å². The molecule has 0 aromatic rings. The van der Waals surface area contributed by atoms with Gasteiger partial charge >= 0.3 is 0 Å². The zero-order chi connectivity index (χ0) is 12.0. The molecule has 0 aromatic carbocycles. The SMILES string of the molecule is CC(CCS(C)=O)NC(=S)NC1CCCC1. The smallest absolute Gasteiger partial charge is 0.166 e. The Morgan fingerprint density at radius 3 is 2.69 bits per heavy atom. The topological polar surface area (TPSA) is 41.1 Å². The van der Waals surface area contributed by atoms with Crippen LogP contribution < -0.4 is 10.6 Å². The van der Waals surface area contributed by atoms with E-state index in [0.29, 0.717) is 12.1 Å². The van der Waals surface area contributed by atoms with Crippen molar-refractivity contribution in [2.75, 3.05) is 12.0 Å². The molecule has 94 valence electrons. The van der Waals surface area contributed by atoms with Gasteiger partial charge < -0.3 is 10.6 Å². The summed E-state index contributed by atoms with van der Waals surface area (Å²) in [6, 6.07) is 0.859. The molecule has 0 saturated heterocycles. The molecule has 0 heterocycles. The van der Waals surface area contributed by atoms with Gasteiger partial charge in [-0.1, -0.05) is 12.8 Å². The van der Waals surface area contributed by atoms with E-state index in [2.05, 4.69) is 17.6 Å². The first-order chi connectivity index (χ1) is 7.58. The predicted molar refractivity (Wildman–Crippen MR) is 74.1 cm³/mol. The van der Waals surface area contributed by atoms with E-state index < -0.39 is 10.8 Å². The van der Waals surface area contributed by atoms with Crippen LogP contribution in [0.15, 0.2) is 0 Å². The fourth-order valence-electron chi connectivity index (χ4n) is 1.94. The molecule has 16 heavy (non-hydrogen) atoms. The molecule has 0 aliphatic heterocycles. The summed E-state index contributed by atoms with van der Waals surface area (Å²) in [5.74, 6) is 0.736. The highest BCUT2D eigenvalue weighted by Crippen LogP contribution is 2.17. The Morgan fingerprint density at radius 2 is 2.12 bits per heavy atom. The maximum atomic E-state index is 10.9. The number of thiocarbonyl (C=S) groups is 1. The zero-order valence-corrected chi connectivity index (χ0v) is 11.8. The van der Waals surface area contributed by atoms with Crippen molar-refractivity contribution >= 4 is 28.1 Å². The van der Waals surface area contributed by atoms with Crippen LogP contribution in [0.2, 0.25) is 0 Å². The summed E-state index contributed by atoms with van der Waals surface area (Å²) in [6.45, 7) is 2.08. The van der Waals surface area contributed by atoms with Gasteiger partial charge in [0, 0.05) is 34.9 Å². The Hall–Kier alpha value is -0.160. The second kappa shape index (κ2) is 7.22. The highest BCUT2D eigenvalue weighted by molar-refractivity contribution is 7.84. The molecule has 2 unspecified atom stereocenters. The largest absolute Gasteiger partial charge is 0.360 e. The van der Waals surface area contributed by atoms with Gasteiger partial charge in [-0.15, -0.1) is 0 Å². The number of hydrogen-bond donors (Lipinski definition) is 2. The van der Waals surface area contributed by atoms with E-state index in [1.54, 1.807) is 6.26 Å². The van der Waals surface area contributed by atoms with Gasteiger partial charge in [0.2, 0.25) is 0 Å². The standard InChI is InChI=1S/C11H22N2OS2/c1-9(7-8-16(2)14)12-11(15)13-10-5-3-4-6-10/h9-10H,3-8H2,1-2H3,(H2,12,13,15). The van der Waals surface area contributed by atoms with Crippen molar-refractivity contribution in [2.45, 2.75) is 51.1 Å². The summed E-state index contributed by atoms with van der Waals surface area (Å²) in [5, 5.41) is 7.34. The van der Waals surface area contributed by atoms with Crippen molar-refractivity contribution in [1.29, 1.82) is 0 Å². The third-order valence-electron chi connectivity index (χ3n) is 2.91. The summed E-state index contributed by atoms with van der Waals surface area (Å²) in [7, 11) is -0.709. The third-order valence-corrected chi connectivity index (χ3v) is 3.95. The first kappa shape index (κ1) is 13.9. The van der Waals surface area contributed by atoms with Crippen LogP contribution in [0.5, 0.6) is 0 Å². The third kappa shape index (κ3) is 5.80. The molecule has 2 atom stereocenters. The first-order valence-electron chi connectivity index (χ1n) is 5.95. The molecule has 1 aliphatic carbocycles. The van der Waals surface area contributed by atoms with Gasteiger partial charge in [-0.25, -0.2) is 0 Å². The molecule has 5 heteroatoms. The zero-order valence-electron chi connectivity index (χ0n) is 10.1. The average molecular weight is 262 g/mol. The molecule has 2 N–H and O–H groups in total. The second-order valence-electron chi connectivity index (χ2n) is 4.57. The molecular formula is C11H22N2OS2. The fourth-order valence-corrected chi connectivity index (χ4v) is 2.99. The minimum atomic E-state index is -0.709. The van der Waals surface area contributed by atoms with Crippen molar-refractivity contribution in [3.63, 3.8) is 0 Å². The lowest BCUT2D eigenvalue weighted by Crippen LogP contribution is -2.44. The highest BCUT2D eigenvalue weighted by atomic mass is 32.2. The monoisotopic (exact) mass is 262 g/mol. The second-order valence-corrected chi connectivity index (χ2v) is 6.53. The molecular weight excluding hydrogens is 240 g/mol. The fraction of sp³-hybridized carbons (Fsp3) is 0.909. The maximum Gasteiger partial charge on any atom is 0.166 e. The molecule has 1 aliphatic rings. The van der Waals surface area contributed by atoms with E-state index in [1.165, 1.54) is 25.7 Å². The molecule has 0 amide bonds. The van der Waals surface area contributed by atoms with E-state index >= 15 is 0 Å². The van der Waals surface area contributed by atoms with E-state index in [-0.39, 0.29) is 0 Å². The van der Waals surface area contributed by atoms with Crippen LogP contribution in [0.4, 0.5) is 0 Å². The van der Waals surface area contributed by atoms with E-state index in [9.17, 15) is 4.21 Å². The van der Waals surface area contributed by atoms with Crippen LogP contribution in [0, 0.1) is 0 Å². The van der Waals surface area contributed by atoms with Gasteiger partial charge in [-0.2, -0.15) is 0 Å². The number of hydrogen-bond acceptors (Lipinski definition) is 2. The quantitative estimate of drug-likeness (QED) is 0.738. The van der Waals surface area contributed by atoms with Crippen LogP contribution in [-0.4, -0.2) is 33.4 Å². The van der Waals surface area contributed by atoms with Crippen LogP contribution in [0.3, 0.4) is 0 Å². The van der Waals surface area contributed by atoms with Gasteiger partial charge in [0.25, 0.3) is 0 Å². The lowest BCUT2D eigenvalue weighted by Gasteiger charge is -2.19. The summed E-state index contributed by atoms with van der Waals surface area (Å²) in [5.41, 5.74) is 0. The number of rotatable bonds is 5. The summed E-state index contributed by atoms with van der Waals surface area (Å²) in [4.78, 5) is 0. The molecule has 1 rings (SSSR count). The first-order valence-corrected chi connectivity index (χ1v) is 8.08. The lowest BCUT2D eigenvalue weighted by molar-refractivity contribution is 0.587. The van der Waals surface area contributed by atoms with E-state index in [4.69, 9.17) is 12.2 Å². The molecule has 3 nitrogen and oxygen atoms in total. The Morgan fingerprint density at radius 1 is 1.50 bits per heavy atom. The van der Waals surface area contributed by atoms with Crippen molar-refractivity contribution in [3.05, 3.63) is 0 Å². The van der Waals surface area contributed by atoms with Crippen molar-refractivity contribution in [1.82, 2.24) is 10.6 Å². The highest BCUT2D eigenvalue weighted by Gasteiger charge is 2.16. The van der Waals surface area contributed by atoms with Crippen LogP contribution in [0.25, 0.3) is 0 Å². The average Bonchev–Trinajstić information content (AvgIpc) is 2.67. The summed E-state index contributed by atoms with van der Waals surface area (Å²) in [6.07, 6.45) is 7.72. The van der Waals surface area contributed by atoms with Crippen LogP contribution >= 0.6 is 12.2 Å². The Balaban J connectivity index is 2.14. The van der Waals surface area contributed by atoms with Crippen molar-refractivity contribution in [3.8, 4) is 0 Å². The molecule has 0 aromatic heterocycles. The molecule has 1 saturated carbocycles. The van der Waals surface area contributed by atoms with E-state index in [1.807, 2.05) is 0 Å². The van der Waals surface area contributed by atoms with Gasteiger partial charge in [0.15, 0.2) is 5.11 Å². The Labute approximate surface area is 106 Å². The van der Waals surface area contributed by atoms with Gasteiger partial charge in [0.1, 0.15) is 0 Å². The number of nitrogens with one attached hydrogen (secondary N) is 2. The summed E-state index contributed by atoms with van der Waals surface area (Å²) < 4.78 is 10.9. The van der Waals surface area contributed by atoms with Crippen molar-refractivity contribution in [2.24, 2.45) is 0 Å². The lowest BCUT2D eigenvalue weighted by atomic mass is 10.2. The minimum Gasteiger partial charge on any atom is -0.360 e. The van der Waals surface area contributed by atoms with Gasteiger partial charge in [0.05, 0.1) is 0 Å². The minimum absolute atomic E-state index is 0.297. The Kier molecular flexibility index (Phi) is 6.28. The molecule has 0 bridgehead atoms. The Bertz CT molecular complexity index is 252.